The third kappa shape index (κ3) is 2.63. The van der Waals surface area contributed by atoms with E-state index in [9.17, 15) is 5.11 Å². The Morgan fingerprint density at radius 3 is 2.48 bits per heavy atom. The van der Waals surface area contributed by atoms with Crippen LogP contribution in [0.1, 0.15) is 72.1 Å². The van der Waals surface area contributed by atoms with Gasteiger partial charge in [0, 0.05) is 13.7 Å². The van der Waals surface area contributed by atoms with Crippen LogP contribution in [0.4, 0.5) is 0 Å². The van der Waals surface area contributed by atoms with Crippen LogP contribution >= 0.6 is 0 Å². The van der Waals surface area contributed by atoms with Crippen LogP contribution < -0.4 is 0 Å². The molecule has 1 N–H and O–H groups in total. The number of ether oxygens (including phenoxy) is 2. The zero-order valence-corrected chi connectivity index (χ0v) is 16.7. The molecule has 9 atom stereocenters. The van der Waals surface area contributed by atoms with Gasteiger partial charge in [-0.15, -0.1) is 0 Å². The average Bonchev–Trinajstić information content (AvgIpc) is 2.93. The van der Waals surface area contributed by atoms with Gasteiger partial charge in [-0.25, -0.2) is 0 Å². The molecule has 4 aliphatic carbocycles. The maximum absolute atomic E-state index is 10.6. The summed E-state index contributed by atoms with van der Waals surface area (Å²) in [6.07, 6.45) is 10.2. The van der Waals surface area contributed by atoms with Crippen molar-refractivity contribution >= 4 is 0 Å². The van der Waals surface area contributed by atoms with Crippen LogP contribution in [0.5, 0.6) is 0 Å². The Kier molecular flexibility index (Phi) is 4.74. The Morgan fingerprint density at radius 1 is 1.00 bits per heavy atom. The van der Waals surface area contributed by atoms with E-state index < -0.39 is 0 Å². The number of hydrogen-bond acceptors (Lipinski definition) is 3. The lowest BCUT2D eigenvalue weighted by molar-refractivity contribution is -0.174. The minimum Gasteiger partial charge on any atom is -0.390 e. The van der Waals surface area contributed by atoms with Crippen LogP contribution in [0.2, 0.25) is 0 Å². The van der Waals surface area contributed by atoms with Crippen molar-refractivity contribution in [3.05, 3.63) is 0 Å². The summed E-state index contributed by atoms with van der Waals surface area (Å²) in [6, 6.07) is 0. The first-order valence-corrected chi connectivity index (χ1v) is 10.8. The van der Waals surface area contributed by atoms with Crippen LogP contribution in [-0.2, 0) is 9.47 Å². The molecule has 0 aromatic rings. The zero-order valence-electron chi connectivity index (χ0n) is 16.7. The molecule has 4 aliphatic rings. The molecule has 0 heterocycles. The Bertz CT molecular complexity index is 494. The molecule has 25 heavy (non-hydrogen) atoms. The number of methoxy groups -OCH3 is 1. The van der Waals surface area contributed by atoms with Gasteiger partial charge in [0.05, 0.1) is 18.3 Å². The van der Waals surface area contributed by atoms with Gasteiger partial charge < -0.3 is 14.6 Å². The molecule has 0 saturated heterocycles. The smallest absolute Gasteiger partial charge is 0.0839 e. The van der Waals surface area contributed by atoms with Crippen molar-refractivity contribution in [3.63, 3.8) is 0 Å². The molecule has 0 aromatic carbocycles. The summed E-state index contributed by atoms with van der Waals surface area (Å²) in [4.78, 5) is 0. The maximum Gasteiger partial charge on any atom is 0.0839 e. The van der Waals surface area contributed by atoms with Crippen LogP contribution in [0.3, 0.4) is 0 Å². The second kappa shape index (κ2) is 6.49. The molecular weight excluding hydrogens is 312 g/mol. The first-order valence-electron chi connectivity index (χ1n) is 10.8. The predicted octanol–water partition coefficient (Wildman–Crippen LogP) is 4.42. The van der Waals surface area contributed by atoms with Gasteiger partial charge in [-0.1, -0.05) is 13.8 Å². The molecule has 3 nitrogen and oxygen atoms in total. The maximum atomic E-state index is 10.6. The SMILES string of the molecule is CCO[C@@H]1C[C@@]2(C)[C@@H](CC[C@@H]3[C@@H]2CC[C@]2(C)[C@@H](OC)CC[C@@H]32)C[C@@H]1O. The molecule has 144 valence electrons. The monoisotopic (exact) mass is 350 g/mol. The van der Waals surface area contributed by atoms with E-state index in [2.05, 4.69) is 20.8 Å². The third-order valence-electron chi connectivity index (χ3n) is 9.24. The van der Waals surface area contributed by atoms with Crippen LogP contribution in [0.15, 0.2) is 0 Å². The van der Waals surface area contributed by atoms with Crippen LogP contribution in [0.25, 0.3) is 0 Å². The molecule has 0 aliphatic heterocycles. The highest BCUT2D eigenvalue weighted by Gasteiger charge is 2.61. The Hall–Kier alpha value is -0.120. The van der Waals surface area contributed by atoms with Crippen molar-refractivity contribution in [2.75, 3.05) is 13.7 Å². The fourth-order valence-corrected chi connectivity index (χ4v) is 7.98. The fraction of sp³-hybridized carbons (Fsp3) is 1.00. The highest BCUT2D eigenvalue weighted by Crippen LogP contribution is 2.66. The number of aliphatic hydroxyl groups is 1. The summed E-state index contributed by atoms with van der Waals surface area (Å²) in [6.45, 7) is 7.82. The number of aliphatic hydroxyl groups excluding tert-OH is 1. The van der Waals surface area contributed by atoms with E-state index in [0.29, 0.717) is 29.5 Å². The summed E-state index contributed by atoms with van der Waals surface area (Å²) in [5, 5.41) is 10.6. The summed E-state index contributed by atoms with van der Waals surface area (Å²) in [7, 11) is 1.91. The topological polar surface area (TPSA) is 38.7 Å². The van der Waals surface area contributed by atoms with E-state index in [4.69, 9.17) is 9.47 Å². The first kappa shape index (κ1) is 18.3. The normalized spacial score (nSPS) is 55.3. The van der Waals surface area contributed by atoms with Gasteiger partial charge in [-0.3, -0.25) is 0 Å². The van der Waals surface area contributed by atoms with Gasteiger partial charge in [-0.05, 0) is 92.8 Å². The van der Waals surface area contributed by atoms with Crippen LogP contribution in [-0.4, -0.2) is 37.1 Å². The predicted molar refractivity (Wildman–Crippen MR) is 99.3 cm³/mol. The van der Waals surface area contributed by atoms with Gasteiger partial charge in [-0.2, -0.15) is 0 Å². The van der Waals surface area contributed by atoms with Gasteiger partial charge in [0.25, 0.3) is 0 Å². The lowest BCUT2D eigenvalue weighted by Crippen LogP contribution is -2.57. The number of hydrogen-bond donors (Lipinski definition) is 1. The van der Waals surface area contributed by atoms with E-state index in [1.54, 1.807) is 0 Å². The molecule has 0 spiro atoms. The van der Waals surface area contributed by atoms with Gasteiger partial charge >= 0.3 is 0 Å². The molecule has 0 amide bonds. The molecule has 4 fully saturated rings. The summed E-state index contributed by atoms with van der Waals surface area (Å²) >= 11 is 0. The molecule has 4 saturated carbocycles. The lowest BCUT2D eigenvalue weighted by atomic mass is 9.45. The Balaban J connectivity index is 1.59. The standard InChI is InChI=1S/C22H38O3/c1-5-25-19-13-22(3)14(12-18(19)23)6-7-15-16-8-9-20(24-4)21(16,2)11-10-17(15)22/h14-20,23H,5-13H2,1-4H3/t14-,15-,16-,17-,18-,19+,20-,21-,22-/m0/s1. The van der Waals surface area contributed by atoms with E-state index in [-0.39, 0.29) is 12.2 Å². The van der Waals surface area contributed by atoms with E-state index >= 15 is 0 Å². The Labute approximate surface area is 153 Å². The van der Waals surface area contributed by atoms with Gasteiger partial charge in [0.15, 0.2) is 0 Å². The lowest BCUT2D eigenvalue weighted by Gasteiger charge is -2.61. The molecule has 3 heteroatoms. The van der Waals surface area contributed by atoms with Crippen LogP contribution in [0, 0.1) is 34.5 Å². The highest BCUT2D eigenvalue weighted by molar-refractivity contribution is 5.10. The van der Waals surface area contributed by atoms with Crippen molar-refractivity contribution in [1.29, 1.82) is 0 Å². The van der Waals surface area contributed by atoms with Gasteiger partial charge in [0.1, 0.15) is 0 Å². The Morgan fingerprint density at radius 2 is 1.76 bits per heavy atom. The van der Waals surface area contributed by atoms with E-state index in [0.717, 1.165) is 30.6 Å². The number of fused-ring (bicyclic) bond motifs is 5. The second-order valence-corrected chi connectivity index (χ2v) is 10.0. The summed E-state index contributed by atoms with van der Waals surface area (Å²) in [5.41, 5.74) is 0.751. The summed E-state index contributed by atoms with van der Waals surface area (Å²) in [5.74, 6) is 3.20. The van der Waals surface area contributed by atoms with Crippen molar-refractivity contribution in [1.82, 2.24) is 0 Å². The number of rotatable bonds is 3. The second-order valence-electron chi connectivity index (χ2n) is 10.0. The molecular formula is C22H38O3. The van der Waals surface area contributed by atoms with Gasteiger partial charge in [0.2, 0.25) is 0 Å². The van der Waals surface area contributed by atoms with E-state index in [1.165, 1.54) is 38.5 Å². The average molecular weight is 351 g/mol. The van der Waals surface area contributed by atoms with Crippen molar-refractivity contribution < 1.29 is 14.6 Å². The molecule has 0 bridgehead atoms. The molecule has 0 aromatic heterocycles. The van der Waals surface area contributed by atoms with Crippen molar-refractivity contribution in [2.45, 2.75) is 90.4 Å². The molecule has 0 unspecified atom stereocenters. The zero-order chi connectivity index (χ0) is 17.8. The highest BCUT2D eigenvalue weighted by atomic mass is 16.5. The minimum absolute atomic E-state index is 0.0496. The quantitative estimate of drug-likeness (QED) is 0.819. The van der Waals surface area contributed by atoms with Crippen molar-refractivity contribution in [2.24, 2.45) is 34.5 Å². The third-order valence-corrected chi connectivity index (χ3v) is 9.24. The van der Waals surface area contributed by atoms with Crippen molar-refractivity contribution in [3.8, 4) is 0 Å². The molecule has 4 rings (SSSR count). The minimum atomic E-state index is -0.257. The first-order chi connectivity index (χ1) is 11.9. The fourth-order valence-electron chi connectivity index (χ4n) is 7.98. The summed E-state index contributed by atoms with van der Waals surface area (Å²) < 4.78 is 11.9. The van der Waals surface area contributed by atoms with E-state index in [1.807, 2.05) is 7.11 Å². The largest absolute Gasteiger partial charge is 0.390 e. The molecule has 0 radical (unpaired) electrons.